The zero-order chi connectivity index (χ0) is 25.2. The summed E-state index contributed by atoms with van der Waals surface area (Å²) < 4.78 is 27.6. The van der Waals surface area contributed by atoms with E-state index >= 15 is 0 Å². The van der Waals surface area contributed by atoms with Crippen LogP contribution in [0, 0.1) is 0 Å². The molecular weight excluding hydrogens is 466 g/mol. The first-order valence-corrected chi connectivity index (χ1v) is 13.1. The third-order valence-corrected chi connectivity index (χ3v) is 7.43. The number of nitrogens with one attached hydrogen (secondary N) is 1. The van der Waals surface area contributed by atoms with Gasteiger partial charge in [0, 0.05) is 50.4 Å². The van der Waals surface area contributed by atoms with Gasteiger partial charge in [0.15, 0.2) is 0 Å². The zero-order valence-corrected chi connectivity index (χ0v) is 20.8. The monoisotopic (exact) mass is 495 g/mol. The van der Waals surface area contributed by atoms with Crippen molar-refractivity contribution in [3.8, 4) is 11.3 Å². The van der Waals surface area contributed by atoms with Crippen molar-refractivity contribution in [3.63, 3.8) is 0 Å². The van der Waals surface area contributed by atoms with Crippen LogP contribution >= 0.6 is 0 Å². The first-order valence-electron chi connectivity index (χ1n) is 11.3. The number of imidazole rings is 1. The van der Waals surface area contributed by atoms with Crippen molar-refractivity contribution in [2.24, 2.45) is 17.8 Å². The molecule has 4 rings (SSSR count). The van der Waals surface area contributed by atoms with E-state index in [1.54, 1.807) is 43.6 Å². The SMILES string of the molecule is CN=C(N)c1c(-c2ccc(C(=O)Nc3ccccn3)cc2)nc(C2CCCN(S(C)(=O)=O)C2)n1C. The lowest BCUT2D eigenvalue weighted by Gasteiger charge is -2.30. The predicted octanol–water partition coefficient (Wildman–Crippen LogP) is 2.21. The molecule has 0 saturated carbocycles. The second-order valence-electron chi connectivity index (χ2n) is 8.54. The molecule has 184 valence electrons. The maximum atomic E-state index is 12.6. The van der Waals surface area contributed by atoms with Crippen LogP contribution in [0.4, 0.5) is 5.82 Å². The first-order chi connectivity index (χ1) is 16.7. The van der Waals surface area contributed by atoms with Crippen LogP contribution in [-0.2, 0) is 17.1 Å². The second kappa shape index (κ2) is 9.96. The maximum absolute atomic E-state index is 12.6. The fourth-order valence-electron chi connectivity index (χ4n) is 4.34. The van der Waals surface area contributed by atoms with Crippen molar-refractivity contribution < 1.29 is 13.2 Å². The molecule has 1 saturated heterocycles. The van der Waals surface area contributed by atoms with Crippen LogP contribution < -0.4 is 11.1 Å². The number of carbonyl (C=O) groups excluding carboxylic acids is 1. The Bertz CT molecular complexity index is 1350. The summed E-state index contributed by atoms with van der Waals surface area (Å²) in [6.45, 7) is 0.887. The summed E-state index contributed by atoms with van der Waals surface area (Å²) >= 11 is 0. The van der Waals surface area contributed by atoms with Gasteiger partial charge in [0.2, 0.25) is 10.0 Å². The number of pyridine rings is 1. The van der Waals surface area contributed by atoms with Gasteiger partial charge in [0.1, 0.15) is 23.2 Å². The van der Waals surface area contributed by atoms with Crippen molar-refractivity contribution in [2.75, 3.05) is 31.7 Å². The number of amidine groups is 1. The van der Waals surface area contributed by atoms with Crippen molar-refractivity contribution in [1.82, 2.24) is 18.8 Å². The molecular formula is C24H29N7O3S. The molecule has 3 heterocycles. The Balaban J connectivity index is 1.66. The van der Waals surface area contributed by atoms with E-state index in [2.05, 4.69) is 15.3 Å². The number of aliphatic imine (C=N–C) groups is 1. The minimum atomic E-state index is -3.29. The summed E-state index contributed by atoms with van der Waals surface area (Å²) in [6.07, 6.45) is 4.43. The Hall–Kier alpha value is -3.57. The van der Waals surface area contributed by atoms with Gasteiger partial charge in [-0.05, 0) is 37.1 Å². The fourth-order valence-corrected chi connectivity index (χ4v) is 5.25. The molecule has 11 heteroatoms. The van der Waals surface area contributed by atoms with Gasteiger partial charge in [-0.15, -0.1) is 0 Å². The molecule has 1 atom stereocenters. The lowest BCUT2D eigenvalue weighted by atomic mass is 9.99. The van der Waals surface area contributed by atoms with Crippen LogP contribution in [-0.4, -0.2) is 65.4 Å². The summed E-state index contributed by atoms with van der Waals surface area (Å²) in [5.74, 6) is 1.22. The summed E-state index contributed by atoms with van der Waals surface area (Å²) in [4.78, 5) is 25.8. The molecule has 1 amide bonds. The predicted molar refractivity (Wildman–Crippen MR) is 136 cm³/mol. The number of hydrogen-bond acceptors (Lipinski definition) is 6. The van der Waals surface area contributed by atoms with Crippen molar-refractivity contribution >= 4 is 27.6 Å². The molecule has 1 unspecified atom stereocenters. The quantitative estimate of drug-likeness (QED) is 0.398. The number of amides is 1. The van der Waals surface area contributed by atoms with Crippen molar-refractivity contribution in [3.05, 3.63) is 65.7 Å². The molecule has 35 heavy (non-hydrogen) atoms. The number of piperidine rings is 1. The molecule has 0 radical (unpaired) electrons. The Morgan fingerprint density at radius 3 is 2.57 bits per heavy atom. The topological polar surface area (TPSA) is 136 Å². The van der Waals surface area contributed by atoms with E-state index in [4.69, 9.17) is 10.7 Å². The second-order valence-corrected chi connectivity index (χ2v) is 10.5. The van der Waals surface area contributed by atoms with Gasteiger partial charge in [-0.1, -0.05) is 18.2 Å². The summed E-state index contributed by atoms with van der Waals surface area (Å²) in [7, 11) is 0.196. The highest BCUT2D eigenvalue weighted by Gasteiger charge is 2.31. The van der Waals surface area contributed by atoms with Gasteiger partial charge in [-0.25, -0.2) is 22.7 Å². The fraction of sp³-hybridized carbons (Fsp3) is 0.333. The van der Waals surface area contributed by atoms with E-state index in [0.29, 0.717) is 41.7 Å². The molecule has 0 spiro atoms. The minimum Gasteiger partial charge on any atom is -0.382 e. The van der Waals surface area contributed by atoms with Gasteiger partial charge in [-0.2, -0.15) is 0 Å². The number of aromatic nitrogens is 3. The average Bonchev–Trinajstić information content (AvgIpc) is 3.21. The summed E-state index contributed by atoms with van der Waals surface area (Å²) in [5.41, 5.74) is 8.80. The third-order valence-electron chi connectivity index (χ3n) is 6.16. The van der Waals surface area contributed by atoms with Crippen LogP contribution in [0.5, 0.6) is 0 Å². The van der Waals surface area contributed by atoms with E-state index in [0.717, 1.165) is 24.2 Å². The van der Waals surface area contributed by atoms with Gasteiger partial charge in [0.05, 0.1) is 11.9 Å². The Kier molecular flexibility index (Phi) is 6.99. The first kappa shape index (κ1) is 24.6. The molecule has 1 fully saturated rings. The number of sulfonamides is 1. The zero-order valence-electron chi connectivity index (χ0n) is 20.0. The molecule has 3 aromatic rings. The van der Waals surface area contributed by atoms with Crippen LogP contribution in [0.25, 0.3) is 11.3 Å². The molecule has 1 aliphatic rings. The average molecular weight is 496 g/mol. The van der Waals surface area contributed by atoms with Gasteiger partial charge < -0.3 is 15.6 Å². The normalized spacial score (nSPS) is 17.3. The standard InChI is InChI=1S/C24H29N7O3S/c1-26-22(25)21-20(29-23(30(21)2)18-7-6-14-31(15-18)35(3,33)34)16-9-11-17(12-10-16)24(32)28-19-8-4-5-13-27-19/h4-5,8-13,18H,6-7,14-15H2,1-3H3,(H2,25,26)(H,27,28,32). The highest BCUT2D eigenvalue weighted by Crippen LogP contribution is 2.32. The van der Waals surface area contributed by atoms with Crippen molar-refractivity contribution in [2.45, 2.75) is 18.8 Å². The number of rotatable bonds is 6. The molecule has 3 N–H and O–H groups in total. The number of anilines is 1. The molecule has 10 nitrogen and oxygen atoms in total. The lowest BCUT2D eigenvalue weighted by Crippen LogP contribution is -2.39. The number of carbonyl (C=O) groups is 1. The molecule has 0 bridgehead atoms. The van der Waals surface area contributed by atoms with E-state index in [9.17, 15) is 13.2 Å². The van der Waals surface area contributed by atoms with E-state index in [1.807, 2.05) is 23.7 Å². The number of nitrogens with two attached hydrogens (primary N) is 1. The molecule has 2 aromatic heterocycles. The van der Waals surface area contributed by atoms with Crippen molar-refractivity contribution in [1.29, 1.82) is 0 Å². The Morgan fingerprint density at radius 1 is 1.20 bits per heavy atom. The molecule has 1 aliphatic heterocycles. The minimum absolute atomic E-state index is 0.0657. The smallest absolute Gasteiger partial charge is 0.256 e. The summed E-state index contributed by atoms with van der Waals surface area (Å²) in [6, 6.07) is 12.4. The number of benzene rings is 1. The largest absolute Gasteiger partial charge is 0.382 e. The van der Waals surface area contributed by atoms with Crippen LogP contribution in [0.2, 0.25) is 0 Å². The Morgan fingerprint density at radius 2 is 1.94 bits per heavy atom. The van der Waals surface area contributed by atoms with Crippen LogP contribution in [0.15, 0.2) is 53.7 Å². The highest BCUT2D eigenvalue weighted by molar-refractivity contribution is 7.88. The maximum Gasteiger partial charge on any atom is 0.256 e. The van der Waals surface area contributed by atoms with Gasteiger partial charge in [-0.3, -0.25) is 9.79 Å². The molecule has 1 aromatic carbocycles. The van der Waals surface area contributed by atoms with Crippen LogP contribution in [0.3, 0.4) is 0 Å². The highest BCUT2D eigenvalue weighted by atomic mass is 32.2. The van der Waals surface area contributed by atoms with Gasteiger partial charge in [0.25, 0.3) is 5.91 Å². The number of nitrogens with zero attached hydrogens (tertiary/aromatic N) is 5. The van der Waals surface area contributed by atoms with E-state index in [1.165, 1.54) is 10.6 Å². The Labute approximate surface area is 205 Å². The number of hydrogen-bond donors (Lipinski definition) is 2. The van der Waals surface area contributed by atoms with E-state index in [-0.39, 0.29) is 11.8 Å². The summed E-state index contributed by atoms with van der Waals surface area (Å²) in [5, 5.41) is 2.77. The molecule has 0 aliphatic carbocycles. The third kappa shape index (κ3) is 5.25. The van der Waals surface area contributed by atoms with Crippen LogP contribution in [0.1, 0.15) is 40.6 Å². The lowest BCUT2D eigenvalue weighted by molar-refractivity contribution is 0.102. The van der Waals surface area contributed by atoms with E-state index < -0.39 is 10.0 Å². The van der Waals surface area contributed by atoms with Gasteiger partial charge >= 0.3 is 0 Å².